The van der Waals surface area contributed by atoms with Gasteiger partial charge in [0.1, 0.15) is 0 Å². The van der Waals surface area contributed by atoms with Crippen LogP contribution >= 0.6 is 0 Å². The van der Waals surface area contributed by atoms with E-state index in [1.165, 1.54) is 10.6 Å². The Morgan fingerprint density at radius 1 is 1.53 bits per heavy atom. The predicted molar refractivity (Wildman–Crippen MR) is 56.5 cm³/mol. The molecular weight excluding hydrogens is 194 g/mol. The zero-order chi connectivity index (χ0) is 11.0. The highest BCUT2D eigenvalue weighted by Gasteiger charge is 2.09. The highest BCUT2D eigenvalue weighted by Crippen LogP contribution is 2.12. The molecule has 15 heavy (non-hydrogen) atoms. The van der Waals surface area contributed by atoms with E-state index in [2.05, 4.69) is 10.1 Å². The van der Waals surface area contributed by atoms with Crippen LogP contribution in [0, 0.1) is 13.8 Å². The number of nitrogens with zero attached hydrogens (tertiary/aromatic N) is 2. The molecule has 0 spiro atoms. The van der Waals surface area contributed by atoms with Crippen molar-refractivity contribution >= 4 is 5.65 Å². The molecule has 0 bridgehead atoms. The first kappa shape index (κ1) is 9.76. The molecule has 0 aliphatic heterocycles. The Morgan fingerprint density at radius 2 is 2.27 bits per heavy atom. The highest BCUT2D eigenvalue weighted by molar-refractivity contribution is 5.49. The average molecular weight is 207 g/mol. The van der Waals surface area contributed by atoms with E-state index in [-0.39, 0.29) is 5.56 Å². The molecule has 5 nitrogen and oxygen atoms in total. The molecule has 0 saturated carbocycles. The van der Waals surface area contributed by atoms with Crippen LogP contribution in [0.1, 0.15) is 18.2 Å². The van der Waals surface area contributed by atoms with Crippen molar-refractivity contribution in [2.75, 3.05) is 6.61 Å². The standard InChI is InChI=1S/C10H13N3O2/c1-4-15-8-5-9(14)13-10(11-8)6(2)7(3)12-13/h5,12H,4H2,1-3H3. The maximum Gasteiger partial charge on any atom is 0.276 e. The molecule has 0 aromatic carbocycles. The number of aryl methyl sites for hydroxylation is 2. The Balaban J connectivity index is 2.74. The van der Waals surface area contributed by atoms with Gasteiger partial charge in [0, 0.05) is 11.3 Å². The van der Waals surface area contributed by atoms with Crippen LogP contribution in [0.25, 0.3) is 5.65 Å². The average Bonchev–Trinajstić information content (AvgIpc) is 2.46. The topological polar surface area (TPSA) is 59.4 Å². The SMILES string of the molecule is CCOc1cc(=O)n2[nH]c(C)c(C)c2n1. The summed E-state index contributed by atoms with van der Waals surface area (Å²) < 4.78 is 6.64. The van der Waals surface area contributed by atoms with Gasteiger partial charge in [0.05, 0.1) is 12.7 Å². The van der Waals surface area contributed by atoms with Gasteiger partial charge in [-0.3, -0.25) is 9.89 Å². The van der Waals surface area contributed by atoms with Gasteiger partial charge in [-0.05, 0) is 20.8 Å². The Hall–Kier alpha value is -1.78. The number of ether oxygens (including phenoxy) is 1. The van der Waals surface area contributed by atoms with Gasteiger partial charge < -0.3 is 4.74 Å². The first-order chi connectivity index (χ1) is 7.13. The Labute approximate surface area is 86.7 Å². The van der Waals surface area contributed by atoms with Gasteiger partial charge in [0.2, 0.25) is 5.88 Å². The summed E-state index contributed by atoms with van der Waals surface area (Å²) in [7, 11) is 0. The minimum absolute atomic E-state index is 0.153. The second-order valence-electron chi connectivity index (χ2n) is 3.39. The Morgan fingerprint density at radius 3 is 2.93 bits per heavy atom. The molecule has 0 saturated heterocycles. The molecule has 0 atom stereocenters. The van der Waals surface area contributed by atoms with Gasteiger partial charge in [-0.2, -0.15) is 4.98 Å². The number of hydrogen-bond donors (Lipinski definition) is 1. The third-order valence-electron chi connectivity index (χ3n) is 2.36. The summed E-state index contributed by atoms with van der Waals surface area (Å²) in [5, 5.41) is 2.95. The first-order valence-corrected chi connectivity index (χ1v) is 4.85. The minimum Gasteiger partial charge on any atom is -0.478 e. The van der Waals surface area contributed by atoms with Crippen LogP contribution in [0.4, 0.5) is 0 Å². The molecule has 2 rings (SSSR count). The summed E-state index contributed by atoms with van der Waals surface area (Å²) in [6.45, 7) is 6.19. The van der Waals surface area contributed by atoms with Crippen LogP contribution < -0.4 is 10.3 Å². The zero-order valence-electron chi connectivity index (χ0n) is 9.00. The summed E-state index contributed by atoms with van der Waals surface area (Å²) in [6.07, 6.45) is 0. The fourth-order valence-electron chi connectivity index (χ4n) is 1.46. The smallest absolute Gasteiger partial charge is 0.276 e. The van der Waals surface area contributed by atoms with E-state index in [4.69, 9.17) is 4.74 Å². The third-order valence-corrected chi connectivity index (χ3v) is 2.36. The molecule has 80 valence electrons. The number of fused-ring (bicyclic) bond motifs is 1. The molecule has 0 unspecified atom stereocenters. The number of nitrogens with one attached hydrogen (secondary N) is 1. The predicted octanol–water partition coefficient (Wildman–Crippen LogP) is 1.04. The van der Waals surface area contributed by atoms with Crippen molar-refractivity contribution < 1.29 is 4.74 Å². The molecule has 0 aliphatic carbocycles. The lowest BCUT2D eigenvalue weighted by Gasteiger charge is -2.01. The highest BCUT2D eigenvalue weighted by atomic mass is 16.5. The van der Waals surface area contributed by atoms with Crippen LogP contribution in [0.2, 0.25) is 0 Å². The fraction of sp³-hybridized carbons (Fsp3) is 0.400. The minimum atomic E-state index is -0.153. The molecule has 0 radical (unpaired) electrons. The molecule has 0 amide bonds. The molecule has 0 aliphatic rings. The lowest BCUT2D eigenvalue weighted by atomic mass is 10.3. The Bertz CT molecular complexity index is 554. The fourth-order valence-corrected chi connectivity index (χ4v) is 1.46. The molecule has 1 N–H and O–H groups in total. The molecule has 5 heteroatoms. The molecule has 2 aromatic rings. The van der Waals surface area contributed by atoms with Crippen molar-refractivity contribution in [1.82, 2.24) is 14.6 Å². The lowest BCUT2D eigenvalue weighted by molar-refractivity contribution is 0.326. The van der Waals surface area contributed by atoms with Crippen molar-refractivity contribution in [3.8, 4) is 5.88 Å². The summed E-state index contributed by atoms with van der Waals surface area (Å²) in [5.41, 5.74) is 2.38. The van der Waals surface area contributed by atoms with E-state index in [0.29, 0.717) is 18.1 Å². The van der Waals surface area contributed by atoms with E-state index in [9.17, 15) is 4.79 Å². The van der Waals surface area contributed by atoms with Crippen molar-refractivity contribution in [3.05, 3.63) is 27.7 Å². The van der Waals surface area contributed by atoms with E-state index in [1.54, 1.807) is 0 Å². The van der Waals surface area contributed by atoms with Gasteiger partial charge >= 0.3 is 0 Å². The first-order valence-electron chi connectivity index (χ1n) is 4.85. The molecule has 2 heterocycles. The van der Waals surface area contributed by atoms with E-state index in [1.807, 2.05) is 20.8 Å². The van der Waals surface area contributed by atoms with Crippen LogP contribution in [0.3, 0.4) is 0 Å². The summed E-state index contributed by atoms with van der Waals surface area (Å²) in [5.74, 6) is 0.379. The second kappa shape index (κ2) is 3.42. The van der Waals surface area contributed by atoms with Crippen LogP contribution in [-0.4, -0.2) is 21.2 Å². The van der Waals surface area contributed by atoms with Gasteiger partial charge in [-0.15, -0.1) is 0 Å². The van der Waals surface area contributed by atoms with Gasteiger partial charge in [-0.25, -0.2) is 4.52 Å². The maximum atomic E-state index is 11.7. The largest absolute Gasteiger partial charge is 0.478 e. The van der Waals surface area contributed by atoms with Gasteiger partial charge in [0.15, 0.2) is 5.65 Å². The maximum absolute atomic E-state index is 11.7. The van der Waals surface area contributed by atoms with E-state index >= 15 is 0 Å². The van der Waals surface area contributed by atoms with Crippen molar-refractivity contribution in [3.63, 3.8) is 0 Å². The number of H-pyrrole nitrogens is 1. The monoisotopic (exact) mass is 207 g/mol. The number of hydrogen-bond acceptors (Lipinski definition) is 3. The zero-order valence-corrected chi connectivity index (χ0v) is 9.00. The van der Waals surface area contributed by atoms with E-state index < -0.39 is 0 Å². The summed E-state index contributed by atoms with van der Waals surface area (Å²) >= 11 is 0. The Kier molecular flexibility index (Phi) is 2.22. The molecule has 2 aromatic heterocycles. The normalized spacial score (nSPS) is 10.9. The van der Waals surface area contributed by atoms with Crippen molar-refractivity contribution in [2.24, 2.45) is 0 Å². The summed E-state index contributed by atoms with van der Waals surface area (Å²) in [4.78, 5) is 15.9. The third kappa shape index (κ3) is 1.49. The van der Waals surface area contributed by atoms with Gasteiger partial charge in [-0.1, -0.05) is 0 Å². The summed E-state index contributed by atoms with van der Waals surface area (Å²) in [6, 6.07) is 1.38. The second-order valence-corrected chi connectivity index (χ2v) is 3.39. The van der Waals surface area contributed by atoms with Crippen molar-refractivity contribution in [2.45, 2.75) is 20.8 Å². The number of rotatable bonds is 2. The van der Waals surface area contributed by atoms with E-state index in [0.717, 1.165) is 11.3 Å². The quantitative estimate of drug-likeness (QED) is 0.800. The van der Waals surface area contributed by atoms with Gasteiger partial charge in [0.25, 0.3) is 5.56 Å². The number of aromatic nitrogens is 3. The number of aromatic amines is 1. The molecule has 0 fully saturated rings. The van der Waals surface area contributed by atoms with Crippen molar-refractivity contribution in [1.29, 1.82) is 0 Å². The van der Waals surface area contributed by atoms with Crippen LogP contribution in [0.15, 0.2) is 10.9 Å². The van der Waals surface area contributed by atoms with Crippen LogP contribution in [0.5, 0.6) is 5.88 Å². The van der Waals surface area contributed by atoms with Crippen LogP contribution in [-0.2, 0) is 0 Å². The lowest BCUT2D eigenvalue weighted by Crippen LogP contribution is -2.14. The molecular formula is C10H13N3O2.